The van der Waals surface area contributed by atoms with Crippen LogP contribution in [-0.4, -0.2) is 33.3 Å². The molecule has 0 aliphatic carbocycles. The van der Waals surface area contributed by atoms with Gasteiger partial charge in [0, 0.05) is 26.0 Å². The quantitative estimate of drug-likeness (QED) is 0.654. The van der Waals surface area contributed by atoms with Crippen molar-refractivity contribution in [3.05, 3.63) is 72.1 Å². The topological polar surface area (TPSA) is 98.1 Å². The molecule has 0 radical (unpaired) electrons. The van der Waals surface area contributed by atoms with Crippen molar-refractivity contribution in [3.8, 4) is 11.4 Å². The first-order chi connectivity index (χ1) is 13.6. The number of pyridine rings is 1. The Morgan fingerprint density at radius 1 is 1.04 bits per heavy atom. The molecule has 0 saturated carbocycles. The summed E-state index contributed by atoms with van der Waals surface area (Å²) < 4.78 is 6.79. The summed E-state index contributed by atoms with van der Waals surface area (Å²) in [4.78, 5) is 27.9. The number of aromatic nitrogens is 3. The number of carbonyl (C=O) groups is 2. The molecule has 1 aromatic carbocycles. The van der Waals surface area contributed by atoms with E-state index in [1.807, 2.05) is 55.6 Å². The van der Waals surface area contributed by atoms with Crippen LogP contribution in [0.25, 0.3) is 11.4 Å². The molecule has 2 aromatic heterocycles. The fraction of sp³-hybridized carbons (Fsp3) is 0.200. The zero-order chi connectivity index (χ0) is 19.8. The molecule has 0 bridgehead atoms. The molecular weight excluding hydrogens is 358 g/mol. The van der Waals surface area contributed by atoms with Gasteiger partial charge in [0.1, 0.15) is 13.2 Å². The van der Waals surface area contributed by atoms with E-state index < -0.39 is 6.09 Å². The third-order valence-corrected chi connectivity index (χ3v) is 4.00. The summed E-state index contributed by atoms with van der Waals surface area (Å²) in [6.07, 6.45) is 2.77. The molecule has 0 aliphatic heterocycles. The second-order valence-electron chi connectivity index (χ2n) is 6.08. The molecule has 0 atom stereocenters. The van der Waals surface area contributed by atoms with E-state index >= 15 is 0 Å². The third-order valence-electron chi connectivity index (χ3n) is 4.00. The Morgan fingerprint density at radius 2 is 1.86 bits per heavy atom. The molecule has 3 rings (SSSR count). The highest BCUT2D eigenvalue weighted by Crippen LogP contribution is 2.15. The van der Waals surface area contributed by atoms with Gasteiger partial charge in [-0.15, -0.1) is 0 Å². The number of amides is 2. The fourth-order valence-electron chi connectivity index (χ4n) is 2.50. The molecule has 0 saturated heterocycles. The predicted octanol–water partition coefficient (Wildman–Crippen LogP) is 2.02. The molecule has 8 nitrogen and oxygen atoms in total. The van der Waals surface area contributed by atoms with Gasteiger partial charge in [0.25, 0.3) is 0 Å². The Morgan fingerprint density at radius 3 is 2.54 bits per heavy atom. The zero-order valence-corrected chi connectivity index (χ0v) is 15.5. The number of nitrogens with one attached hydrogen (secondary N) is 2. The van der Waals surface area contributed by atoms with Gasteiger partial charge in [-0.1, -0.05) is 36.4 Å². The molecule has 0 aliphatic rings. The van der Waals surface area contributed by atoms with Crippen LogP contribution >= 0.6 is 0 Å². The van der Waals surface area contributed by atoms with Crippen molar-refractivity contribution in [2.24, 2.45) is 7.05 Å². The summed E-state index contributed by atoms with van der Waals surface area (Å²) in [5.41, 5.74) is 3.45. The van der Waals surface area contributed by atoms with Crippen LogP contribution in [0.1, 0.15) is 11.1 Å². The second kappa shape index (κ2) is 9.31. The Bertz CT molecular complexity index is 923. The van der Waals surface area contributed by atoms with Gasteiger partial charge >= 0.3 is 6.09 Å². The first kappa shape index (κ1) is 19.1. The molecule has 0 unspecified atom stereocenters. The van der Waals surface area contributed by atoms with Crippen LogP contribution in [0, 0.1) is 0 Å². The monoisotopic (exact) mass is 379 g/mol. The van der Waals surface area contributed by atoms with Gasteiger partial charge in [0.05, 0.1) is 11.4 Å². The van der Waals surface area contributed by atoms with Crippen molar-refractivity contribution in [2.75, 3.05) is 6.54 Å². The van der Waals surface area contributed by atoms with Gasteiger partial charge in [-0.2, -0.15) is 5.10 Å². The van der Waals surface area contributed by atoms with Gasteiger partial charge in [0.2, 0.25) is 5.91 Å². The first-order valence-electron chi connectivity index (χ1n) is 8.76. The number of aryl methyl sites for hydroxylation is 1. The molecule has 3 aromatic rings. The molecule has 8 heteroatoms. The largest absolute Gasteiger partial charge is 0.445 e. The Labute approximate surface area is 162 Å². The maximum absolute atomic E-state index is 11.9. The molecule has 2 N–H and O–H groups in total. The Hall–Kier alpha value is -3.68. The minimum Gasteiger partial charge on any atom is -0.445 e. The minimum atomic E-state index is -0.638. The van der Waals surface area contributed by atoms with E-state index in [0.29, 0.717) is 6.54 Å². The van der Waals surface area contributed by atoms with E-state index in [-0.39, 0.29) is 19.1 Å². The maximum Gasteiger partial charge on any atom is 0.407 e. The molecule has 2 amide bonds. The second-order valence-corrected chi connectivity index (χ2v) is 6.08. The molecule has 2 heterocycles. The van der Waals surface area contributed by atoms with Crippen molar-refractivity contribution >= 4 is 12.0 Å². The predicted molar refractivity (Wildman–Crippen MR) is 103 cm³/mol. The SMILES string of the molecule is Cn1nccc1-c1ccc(CNC(=O)CNC(=O)OCc2ccccc2)cn1. The van der Waals surface area contributed by atoms with E-state index in [0.717, 1.165) is 22.5 Å². The van der Waals surface area contributed by atoms with Crippen LogP contribution in [0.3, 0.4) is 0 Å². The Balaban J connectivity index is 1.38. The summed E-state index contributed by atoms with van der Waals surface area (Å²) in [5.74, 6) is -0.313. The molecular formula is C20H21N5O3. The minimum absolute atomic E-state index is 0.156. The number of benzene rings is 1. The molecule has 28 heavy (non-hydrogen) atoms. The first-order valence-corrected chi connectivity index (χ1v) is 8.76. The summed E-state index contributed by atoms with van der Waals surface area (Å²) in [5, 5.41) is 9.27. The lowest BCUT2D eigenvalue weighted by molar-refractivity contribution is -0.120. The number of nitrogens with zero attached hydrogens (tertiary/aromatic N) is 3. The van der Waals surface area contributed by atoms with Gasteiger partial charge in [0.15, 0.2) is 0 Å². The number of ether oxygens (including phenoxy) is 1. The lowest BCUT2D eigenvalue weighted by Crippen LogP contribution is -2.36. The number of carbonyl (C=O) groups excluding carboxylic acids is 2. The Kier molecular flexibility index (Phi) is 6.35. The van der Waals surface area contributed by atoms with Crippen molar-refractivity contribution in [2.45, 2.75) is 13.2 Å². The van der Waals surface area contributed by atoms with E-state index in [2.05, 4.69) is 20.7 Å². The van der Waals surface area contributed by atoms with Crippen LogP contribution in [0.5, 0.6) is 0 Å². The molecule has 144 valence electrons. The average Bonchev–Trinajstić information content (AvgIpc) is 3.16. The lowest BCUT2D eigenvalue weighted by Gasteiger charge is -2.08. The number of rotatable bonds is 7. The van der Waals surface area contributed by atoms with E-state index in [1.165, 1.54) is 0 Å². The van der Waals surface area contributed by atoms with Crippen LogP contribution in [-0.2, 0) is 29.7 Å². The maximum atomic E-state index is 11.9. The third kappa shape index (κ3) is 5.41. The van der Waals surface area contributed by atoms with Crippen molar-refractivity contribution in [1.82, 2.24) is 25.4 Å². The van der Waals surface area contributed by atoms with Crippen molar-refractivity contribution in [3.63, 3.8) is 0 Å². The summed E-state index contributed by atoms with van der Waals surface area (Å²) in [7, 11) is 1.85. The van der Waals surface area contributed by atoms with Gasteiger partial charge in [-0.25, -0.2) is 4.79 Å². The van der Waals surface area contributed by atoms with Crippen LogP contribution in [0.15, 0.2) is 60.9 Å². The van der Waals surface area contributed by atoms with Crippen LogP contribution in [0.2, 0.25) is 0 Å². The van der Waals surface area contributed by atoms with Crippen molar-refractivity contribution in [1.29, 1.82) is 0 Å². The van der Waals surface area contributed by atoms with Crippen molar-refractivity contribution < 1.29 is 14.3 Å². The standard InChI is InChI=1S/C20H21N5O3/c1-25-18(9-10-24-25)17-8-7-16(11-21-17)12-22-19(26)13-23-20(27)28-14-15-5-3-2-4-6-15/h2-11H,12-14H2,1H3,(H,22,26)(H,23,27). The normalized spacial score (nSPS) is 10.3. The lowest BCUT2D eigenvalue weighted by atomic mass is 10.2. The summed E-state index contributed by atoms with van der Waals surface area (Å²) in [6, 6.07) is 15.0. The van der Waals surface area contributed by atoms with Crippen LogP contribution < -0.4 is 10.6 Å². The highest BCUT2D eigenvalue weighted by atomic mass is 16.5. The van der Waals surface area contributed by atoms with E-state index in [4.69, 9.17) is 4.74 Å². The molecule has 0 spiro atoms. The fourth-order valence-corrected chi connectivity index (χ4v) is 2.50. The average molecular weight is 379 g/mol. The van der Waals surface area contributed by atoms with Gasteiger partial charge in [-0.3, -0.25) is 14.5 Å². The van der Waals surface area contributed by atoms with Gasteiger partial charge in [-0.05, 0) is 23.3 Å². The smallest absolute Gasteiger partial charge is 0.407 e. The zero-order valence-electron chi connectivity index (χ0n) is 15.5. The highest BCUT2D eigenvalue weighted by Gasteiger charge is 2.08. The highest BCUT2D eigenvalue weighted by molar-refractivity contribution is 5.82. The number of hydrogen-bond donors (Lipinski definition) is 2. The summed E-state index contributed by atoms with van der Waals surface area (Å²) in [6.45, 7) is 0.315. The molecule has 0 fully saturated rings. The van der Waals surface area contributed by atoms with E-state index in [1.54, 1.807) is 17.1 Å². The van der Waals surface area contributed by atoms with Gasteiger partial charge < -0.3 is 15.4 Å². The summed E-state index contributed by atoms with van der Waals surface area (Å²) >= 11 is 0. The number of hydrogen-bond acceptors (Lipinski definition) is 5. The number of alkyl carbamates (subject to hydrolysis) is 1. The van der Waals surface area contributed by atoms with E-state index in [9.17, 15) is 9.59 Å². The van der Waals surface area contributed by atoms with Crippen LogP contribution in [0.4, 0.5) is 4.79 Å².